The Morgan fingerprint density at radius 3 is 3.05 bits per heavy atom. The molecule has 1 aromatic carbocycles. The molecule has 1 aliphatic rings. The number of aromatic nitrogens is 2. The van der Waals surface area contributed by atoms with Gasteiger partial charge in [-0.15, -0.1) is 5.10 Å². The van der Waals surface area contributed by atoms with E-state index < -0.39 is 0 Å². The van der Waals surface area contributed by atoms with E-state index in [1.807, 2.05) is 6.07 Å². The van der Waals surface area contributed by atoms with Gasteiger partial charge in [0, 0.05) is 25.2 Å². The summed E-state index contributed by atoms with van der Waals surface area (Å²) in [4.78, 5) is 1.75. The van der Waals surface area contributed by atoms with Gasteiger partial charge in [-0.1, -0.05) is 11.2 Å². The van der Waals surface area contributed by atoms with E-state index in [-0.39, 0.29) is 0 Å². The van der Waals surface area contributed by atoms with Gasteiger partial charge in [0.1, 0.15) is 0 Å². The van der Waals surface area contributed by atoms with Crippen LogP contribution in [0.3, 0.4) is 0 Å². The van der Waals surface area contributed by atoms with Crippen LogP contribution in [0, 0.1) is 28.7 Å². The molecule has 1 unspecified atom stereocenters. The Morgan fingerprint density at radius 2 is 2.27 bits per heavy atom. The molecule has 1 fully saturated rings. The molecule has 0 radical (unpaired) electrons. The lowest BCUT2D eigenvalue weighted by Gasteiger charge is -2.08. The molecule has 7 nitrogen and oxygen atoms in total. The first-order valence-electron chi connectivity index (χ1n) is 7.01. The van der Waals surface area contributed by atoms with Crippen LogP contribution >= 0.6 is 0 Å². The van der Waals surface area contributed by atoms with Crippen molar-refractivity contribution in [2.24, 2.45) is 5.92 Å². The molecule has 1 aliphatic heterocycles. The second kappa shape index (κ2) is 6.15. The van der Waals surface area contributed by atoms with Crippen molar-refractivity contribution in [1.82, 2.24) is 15.1 Å². The van der Waals surface area contributed by atoms with E-state index in [0.717, 1.165) is 25.1 Å². The van der Waals surface area contributed by atoms with Crippen molar-refractivity contribution in [3.05, 3.63) is 29.8 Å². The maximum atomic E-state index is 8.91. The van der Waals surface area contributed by atoms with Crippen LogP contribution in [0.5, 0.6) is 0 Å². The first-order valence-corrected chi connectivity index (χ1v) is 7.01. The fourth-order valence-corrected chi connectivity index (χ4v) is 2.45. The van der Waals surface area contributed by atoms with Gasteiger partial charge < -0.3 is 14.6 Å². The van der Waals surface area contributed by atoms with Crippen LogP contribution < -0.4 is 5.32 Å². The number of nitrogens with zero attached hydrogens (tertiary/aromatic N) is 5. The lowest BCUT2D eigenvalue weighted by Crippen LogP contribution is -2.18. The molecule has 3 rings (SSSR count). The Bertz CT molecular complexity index is 741. The summed E-state index contributed by atoms with van der Waals surface area (Å²) < 4.78 is 5.56. The lowest BCUT2D eigenvalue weighted by atomic mass is 10.1. The Balaban J connectivity index is 1.62. The number of hydrogen-bond acceptors (Lipinski definition) is 7. The smallest absolute Gasteiger partial charge is 0.315 e. The van der Waals surface area contributed by atoms with Crippen LogP contribution in [-0.4, -0.2) is 34.7 Å². The van der Waals surface area contributed by atoms with Crippen LogP contribution in [0.25, 0.3) is 11.5 Å². The minimum absolute atomic E-state index is 0.354. The van der Waals surface area contributed by atoms with Gasteiger partial charge in [-0.05, 0) is 30.5 Å². The molecule has 0 aliphatic carbocycles. The topological polar surface area (TPSA) is 102 Å². The molecule has 0 saturated carbocycles. The summed E-state index contributed by atoms with van der Waals surface area (Å²) >= 11 is 0. The Hall–Kier alpha value is -3.06. The van der Waals surface area contributed by atoms with Crippen LogP contribution in [-0.2, 0) is 0 Å². The maximum Gasteiger partial charge on any atom is 0.315 e. The Labute approximate surface area is 127 Å². The van der Waals surface area contributed by atoms with Crippen molar-refractivity contribution in [2.75, 3.05) is 25.0 Å². The fraction of sp³-hybridized carbons (Fsp3) is 0.333. The highest BCUT2D eigenvalue weighted by atomic mass is 16.4. The summed E-state index contributed by atoms with van der Waals surface area (Å²) in [6, 6.07) is 9.46. The number of benzene rings is 1. The Kier molecular flexibility index (Phi) is 3.88. The van der Waals surface area contributed by atoms with Crippen molar-refractivity contribution < 1.29 is 4.42 Å². The molecule has 1 aromatic heterocycles. The van der Waals surface area contributed by atoms with Crippen molar-refractivity contribution in [1.29, 1.82) is 10.5 Å². The third kappa shape index (κ3) is 2.99. The van der Waals surface area contributed by atoms with Crippen molar-refractivity contribution in [2.45, 2.75) is 6.42 Å². The summed E-state index contributed by atoms with van der Waals surface area (Å²) in [6.45, 7) is 2.26. The second-order valence-electron chi connectivity index (χ2n) is 5.19. The van der Waals surface area contributed by atoms with Gasteiger partial charge in [0.2, 0.25) is 5.89 Å². The SMILES string of the molecule is N#Cc1cccc(-c2nnc(NCC3CCN(C#N)C3)o2)c1. The largest absolute Gasteiger partial charge is 0.403 e. The molecule has 0 bridgehead atoms. The van der Waals surface area contributed by atoms with E-state index >= 15 is 0 Å². The first kappa shape index (κ1) is 13.9. The van der Waals surface area contributed by atoms with Gasteiger partial charge >= 0.3 is 6.01 Å². The molecule has 2 aromatic rings. The molecule has 2 heterocycles. The number of likely N-dealkylation sites (tertiary alicyclic amines) is 1. The summed E-state index contributed by atoms with van der Waals surface area (Å²) in [5, 5.41) is 28.8. The molecule has 1 saturated heterocycles. The van der Waals surface area contributed by atoms with E-state index in [0.29, 0.717) is 29.9 Å². The monoisotopic (exact) mass is 294 g/mol. The summed E-state index contributed by atoms with van der Waals surface area (Å²) in [7, 11) is 0. The van der Waals surface area contributed by atoms with Gasteiger partial charge in [-0.25, -0.2) is 0 Å². The van der Waals surface area contributed by atoms with E-state index in [1.165, 1.54) is 0 Å². The molecule has 110 valence electrons. The predicted octanol–water partition coefficient (Wildman–Crippen LogP) is 1.82. The minimum atomic E-state index is 0.354. The third-order valence-electron chi connectivity index (χ3n) is 3.63. The maximum absolute atomic E-state index is 8.91. The van der Waals surface area contributed by atoms with E-state index in [9.17, 15) is 0 Å². The molecular weight excluding hydrogens is 280 g/mol. The summed E-state index contributed by atoms with van der Waals surface area (Å²) in [5.74, 6) is 0.779. The highest BCUT2D eigenvalue weighted by molar-refractivity contribution is 5.56. The van der Waals surface area contributed by atoms with Gasteiger partial charge in [-0.2, -0.15) is 10.5 Å². The van der Waals surface area contributed by atoms with Gasteiger partial charge in [-0.3, -0.25) is 0 Å². The highest BCUT2D eigenvalue weighted by Crippen LogP contribution is 2.21. The molecular formula is C15H14N6O. The van der Waals surface area contributed by atoms with E-state index in [2.05, 4.69) is 27.8 Å². The molecule has 22 heavy (non-hydrogen) atoms. The standard InChI is InChI=1S/C15H14N6O/c16-7-11-2-1-3-13(6-11)14-19-20-15(22-14)18-8-12-4-5-21(9-12)10-17/h1-3,6,12H,4-5,8-9H2,(H,18,20). The zero-order chi connectivity index (χ0) is 15.4. The average Bonchev–Trinajstić information content (AvgIpc) is 3.22. The van der Waals surface area contributed by atoms with Gasteiger partial charge in [0.15, 0.2) is 6.19 Å². The van der Waals surface area contributed by atoms with Gasteiger partial charge in [0.05, 0.1) is 11.6 Å². The van der Waals surface area contributed by atoms with Crippen molar-refractivity contribution in [3.8, 4) is 23.7 Å². The second-order valence-corrected chi connectivity index (χ2v) is 5.19. The van der Waals surface area contributed by atoms with Crippen LogP contribution in [0.1, 0.15) is 12.0 Å². The van der Waals surface area contributed by atoms with Crippen molar-refractivity contribution >= 4 is 6.01 Å². The highest BCUT2D eigenvalue weighted by Gasteiger charge is 2.21. The minimum Gasteiger partial charge on any atom is -0.403 e. The predicted molar refractivity (Wildman–Crippen MR) is 78.2 cm³/mol. The molecule has 0 spiro atoms. The number of rotatable bonds is 4. The summed E-state index contributed by atoms with van der Waals surface area (Å²) in [5.41, 5.74) is 1.27. The normalized spacial score (nSPS) is 17.0. The third-order valence-corrected chi connectivity index (χ3v) is 3.63. The molecule has 7 heteroatoms. The first-order chi connectivity index (χ1) is 10.8. The van der Waals surface area contributed by atoms with E-state index in [4.69, 9.17) is 14.9 Å². The van der Waals surface area contributed by atoms with Gasteiger partial charge in [0.25, 0.3) is 0 Å². The zero-order valence-electron chi connectivity index (χ0n) is 11.9. The quantitative estimate of drug-likeness (QED) is 0.858. The number of nitriles is 2. The molecule has 0 amide bonds. The Morgan fingerprint density at radius 1 is 1.36 bits per heavy atom. The zero-order valence-corrected chi connectivity index (χ0v) is 11.9. The average molecular weight is 294 g/mol. The fourth-order valence-electron chi connectivity index (χ4n) is 2.45. The number of nitrogens with one attached hydrogen (secondary N) is 1. The summed E-state index contributed by atoms with van der Waals surface area (Å²) in [6.07, 6.45) is 3.13. The molecule has 1 atom stereocenters. The van der Waals surface area contributed by atoms with Crippen molar-refractivity contribution in [3.63, 3.8) is 0 Å². The molecule has 1 N–H and O–H groups in total. The lowest BCUT2D eigenvalue weighted by molar-refractivity contribution is 0.458. The number of anilines is 1. The van der Waals surface area contributed by atoms with Crippen LogP contribution in [0.15, 0.2) is 28.7 Å². The van der Waals surface area contributed by atoms with Crippen LogP contribution in [0.4, 0.5) is 6.01 Å². The van der Waals surface area contributed by atoms with E-state index in [1.54, 1.807) is 23.1 Å². The van der Waals surface area contributed by atoms with Crippen LogP contribution in [0.2, 0.25) is 0 Å². The number of hydrogen-bond donors (Lipinski definition) is 1.